The highest BCUT2D eigenvalue weighted by Crippen LogP contribution is 2.48. The summed E-state index contributed by atoms with van der Waals surface area (Å²) in [6, 6.07) is 89.0. The Balaban J connectivity index is 1.09. The molecule has 0 aliphatic carbocycles. The highest BCUT2D eigenvalue weighted by Gasteiger charge is 2.23. The molecule has 2 heteroatoms. The van der Waals surface area contributed by atoms with Crippen LogP contribution < -0.4 is 4.90 Å². The number of para-hydroxylation sites is 3. The zero-order valence-corrected chi connectivity index (χ0v) is 34.0. The van der Waals surface area contributed by atoms with Gasteiger partial charge < -0.3 is 9.32 Å². The van der Waals surface area contributed by atoms with Crippen molar-refractivity contribution >= 4 is 39.0 Å². The summed E-state index contributed by atoms with van der Waals surface area (Å²) in [6.07, 6.45) is 0. The van der Waals surface area contributed by atoms with E-state index in [1.165, 1.54) is 50.1 Å². The van der Waals surface area contributed by atoms with Crippen LogP contribution in [0.25, 0.3) is 88.7 Å². The first kappa shape index (κ1) is 36.8. The van der Waals surface area contributed by atoms with Crippen molar-refractivity contribution in [3.8, 4) is 66.8 Å². The highest BCUT2D eigenvalue weighted by atomic mass is 16.3. The van der Waals surface area contributed by atoms with Crippen LogP contribution in [-0.4, -0.2) is 0 Å². The lowest BCUT2D eigenvalue weighted by Gasteiger charge is -2.28. The Morgan fingerprint density at radius 1 is 0.258 bits per heavy atom. The first-order chi connectivity index (χ1) is 30.8. The molecule has 0 aliphatic heterocycles. The van der Waals surface area contributed by atoms with Crippen molar-refractivity contribution in [2.24, 2.45) is 0 Å². The van der Waals surface area contributed by atoms with E-state index in [9.17, 15) is 0 Å². The van der Waals surface area contributed by atoms with Gasteiger partial charge in [-0.25, -0.2) is 0 Å². The second-order valence-corrected chi connectivity index (χ2v) is 15.6. The fourth-order valence-corrected chi connectivity index (χ4v) is 9.00. The Kier molecular flexibility index (Phi) is 9.57. The lowest BCUT2D eigenvalue weighted by Crippen LogP contribution is -2.11. The van der Waals surface area contributed by atoms with Gasteiger partial charge in [0.1, 0.15) is 5.58 Å². The molecule has 11 rings (SSSR count). The lowest BCUT2D eigenvalue weighted by atomic mass is 9.84. The van der Waals surface area contributed by atoms with Gasteiger partial charge in [-0.3, -0.25) is 0 Å². The molecule has 0 spiro atoms. The molecular formula is C60H41NO. The lowest BCUT2D eigenvalue weighted by molar-refractivity contribution is 0.669. The van der Waals surface area contributed by atoms with Crippen molar-refractivity contribution < 1.29 is 4.42 Å². The molecule has 0 aliphatic rings. The fraction of sp³-hybridized carbons (Fsp3) is 0. The second kappa shape index (κ2) is 16.1. The highest BCUT2D eigenvalue weighted by molar-refractivity contribution is 6.11. The summed E-state index contributed by atoms with van der Waals surface area (Å²) in [7, 11) is 0. The van der Waals surface area contributed by atoms with Gasteiger partial charge in [-0.2, -0.15) is 0 Å². The summed E-state index contributed by atoms with van der Waals surface area (Å²) in [4.78, 5) is 2.36. The first-order valence-electron chi connectivity index (χ1n) is 21.2. The van der Waals surface area contributed by atoms with E-state index in [4.69, 9.17) is 4.42 Å². The molecule has 0 saturated carbocycles. The Hall–Kier alpha value is -8.20. The smallest absolute Gasteiger partial charge is 0.159 e. The van der Waals surface area contributed by atoms with Crippen molar-refractivity contribution in [1.82, 2.24) is 0 Å². The number of nitrogens with zero attached hydrogens (tertiary/aromatic N) is 1. The van der Waals surface area contributed by atoms with E-state index < -0.39 is 0 Å². The maximum atomic E-state index is 6.74. The summed E-state index contributed by atoms with van der Waals surface area (Å²) in [5, 5.41) is 2.19. The number of furan rings is 1. The molecule has 1 aromatic heterocycles. The van der Waals surface area contributed by atoms with Crippen LogP contribution in [0.1, 0.15) is 0 Å². The molecular weight excluding hydrogens is 751 g/mol. The van der Waals surface area contributed by atoms with E-state index in [1.54, 1.807) is 0 Å². The molecule has 0 bridgehead atoms. The molecule has 0 radical (unpaired) electrons. The van der Waals surface area contributed by atoms with E-state index in [0.29, 0.717) is 0 Å². The van der Waals surface area contributed by atoms with Gasteiger partial charge in [0, 0.05) is 22.0 Å². The third kappa shape index (κ3) is 6.74. The minimum absolute atomic E-state index is 0.849. The van der Waals surface area contributed by atoms with Gasteiger partial charge >= 0.3 is 0 Å². The minimum atomic E-state index is 0.849. The summed E-state index contributed by atoms with van der Waals surface area (Å²) >= 11 is 0. The van der Waals surface area contributed by atoms with Gasteiger partial charge in [-0.05, 0) is 91.5 Å². The van der Waals surface area contributed by atoms with Gasteiger partial charge in [-0.15, -0.1) is 0 Å². The zero-order valence-electron chi connectivity index (χ0n) is 34.0. The molecule has 0 N–H and O–H groups in total. The van der Waals surface area contributed by atoms with E-state index in [1.807, 2.05) is 6.07 Å². The van der Waals surface area contributed by atoms with Crippen LogP contribution in [0.4, 0.5) is 17.1 Å². The van der Waals surface area contributed by atoms with Gasteiger partial charge in [0.2, 0.25) is 0 Å². The quantitative estimate of drug-likeness (QED) is 0.145. The van der Waals surface area contributed by atoms with Crippen LogP contribution in [-0.2, 0) is 0 Å². The maximum absolute atomic E-state index is 6.74. The second-order valence-electron chi connectivity index (χ2n) is 15.6. The van der Waals surface area contributed by atoms with E-state index in [0.717, 1.165) is 55.7 Å². The average Bonchev–Trinajstić information content (AvgIpc) is 3.75. The zero-order chi connectivity index (χ0) is 41.2. The first-order valence-corrected chi connectivity index (χ1v) is 21.2. The Morgan fingerprint density at radius 2 is 0.677 bits per heavy atom. The average molecular weight is 792 g/mol. The van der Waals surface area contributed by atoms with Gasteiger partial charge in [0.25, 0.3) is 0 Å². The molecule has 0 unspecified atom stereocenters. The van der Waals surface area contributed by atoms with Crippen molar-refractivity contribution in [2.45, 2.75) is 0 Å². The van der Waals surface area contributed by atoms with Crippen LogP contribution in [0.5, 0.6) is 0 Å². The number of hydrogen-bond acceptors (Lipinski definition) is 2. The Morgan fingerprint density at radius 3 is 1.37 bits per heavy atom. The molecule has 2 nitrogen and oxygen atoms in total. The van der Waals surface area contributed by atoms with Crippen molar-refractivity contribution in [1.29, 1.82) is 0 Å². The van der Waals surface area contributed by atoms with Crippen LogP contribution in [0.2, 0.25) is 0 Å². The molecule has 0 fully saturated rings. The summed E-state index contributed by atoms with van der Waals surface area (Å²) in [6.45, 7) is 0. The molecule has 0 atom stereocenters. The van der Waals surface area contributed by atoms with Gasteiger partial charge in [0.05, 0.1) is 11.4 Å². The van der Waals surface area contributed by atoms with Crippen LogP contribution in [0, 0.1) is 0 Å². The predicted molar refractivity (Wildman–Crippen MR) is 261 cm³/mol. The number of fused-ring (bicyclic) bond motifs is 3. The molecule has 1 heterocycles. The Bertz CT molecular complexity index is 3310. The topological polar surface area (TPSA) is 16.4 Å². The third-order valence-electron chi connectivity index (χ3n) is 11.9. The SMILES string of the molecule is c1ccc(-c2ccc(-c3ccccc3N(c3ccc(-c4cccc(-c5ccccc5)c4-c4ccccc4-c4ccccc4)cc3)c3cccc4c3oc3ccccc34)cc2)cc1. The monoisotopic (exact) mass is 791 g/mol. The number of anilines is 3. The predicted octanol–water partition coefficient (Wildman–Crippen LogP) is 17.1. The van der Waals surface area contributed by atoms with Gasteiger partial charge in [0.15, 0.2) is 5.58 Å². The maximum Gasteiger partial charge on any atom is 0.159 e. The van der Waals surface area contributed by atoms with Crippen molar-refractivity contribution in [2.75, 3.05) is 4.90 Å². The van der Waals surface area contributed by atoms with Crippen LogP contribution in [0.3, 0.4) is 0 Å². The normalized spacial score (nSPS) is 11.2. The molecule has 11 aromatic rings. The third-order valence-corrected chi connectivity index (χ3v) is 11.9. The molecule has 0 amide bonds. The van der Waals surface area contributed by atoms with Crippen LogP contribution in [0.15, 0.2) is 253 Å². The van der Waals surface area contributed by atoms with E-state index in [-0.39, 0.29) is 0 Å². The standard InChI is InChI=1S/C60H41NO/c1-4-18-42(19-5-1)43-34-36-46(37-35-43)50-25-12-14-31-56(50)61(57-32-17-30-55-53-26-13-15-33-58(53)62-60(55)57)48-40-38-47(39-41-48)52-29-16-28-51(45-22-8-3-9-23-45)59(52)54-27-11-10-24-49(54)44-20-6-2-7-21-44/h1-41H. The molecule has 0 saturated heterocycles. The summed E-state index contributed by atoms with van der Waals surface area (Å²) in [5.74, 6) is 0. The summed E-state index contributed by atoms with van der Waals surface area (Å²) < 4.78 is 6.74. The van der Waals surface area contributed by atoms with Crippen molar-refractivity contribution in [3.05, 3.63) is 249 Å². The number of rotatable bonds is 9. The summed E-state index contributed by atoms with van der Waals surface area (Å²) in [5.41, 5.74) is 18.9. The van der Waals surface area contributed by atoms with E-state index >= 15 is 0 Å². The fourth-order valence-electron chi connectivity index (χ4n) is 9.00. The molecule has 62 heavy (non-hydrogen) atoms. The number of hydrogen-bond donors (Lipinski definition) is 0. The van der Waals surface area contributed by atoms with Gasteiger partial charge in [-0.1, -0.05) is 218 Å². The van der Waals surface area contributed by atoms with Crippen molar-refractivity contribution in [3.63, 3.8) is 0 Å². The Labute approximate surface area is 362 Å². The molecule has 292 valence electrons. The number of benzene rings is 10. The largest absolute Gasteiger partial charge is 0.454 e. The van der Waals surface area contributed by atoms with Crippen LogP contribution >= 0.6 is 0 Å². The van der Waals surface area contributed by atoms with E-state index in [2.05, 4.69) is 248 Å². The minimum Gasteiger partial charge on any atom is -0.454 e. The molecule has 10 aromatic carbocycles.